The molecule has 1 aromatic carbocycles. The third kappa shape index (κ3) is 3.39. The Labute approximate surface area is 171 Å². The molecule has 146 valence electrons. The molecule has 0 radical (unpaired) electrons. The molecule has 0 saturated carbocycles. The van der Waals surface area contributed by atoms with Gasteiger partial charge >= 0.3 is 0 Å². The summed E-state index contributed by atoms with van der Waals surface area (Å²) in [4.78, 5) is 4.50. The molecule has 3 aromatic heterocycles. The van der Waals surface area contributed by atoms with Gasteiger partial charge in [0.15, 0.2) is 22.6 Å². The molecule has 4 aromatic rings. The number of hydrogen-bond acceptors (Lipinski definition) is 7. The fourth-order valence-corrected chi connectivity index (χ4v) is 3.97. The van der Waals surface area contributed by atoms with Gasteiger partial charge in [0.1, 0.15) is 17.4 Å². The molecule has 0 unspecified atom stereocenters. The number of rotatable bonds is 6. The number of nitrogens with zero attached hydrogens (tertiary/aromatic N) is 6. The zero-order chi connectivity index (χ0) is 20.4. The molecular weight excluding hydrogens is 388 g/mol. The van der Waals surface area contributed by atoms with E-state index in [1.54, 1.807) is 16.9 Å². The predicted octanol–water partition coefficient (Wildman–Crippen LogP) is 4.03. The zero-order valence-electron chi connectivity index (χ0n) is 15.9. The van der Waals surface area contributed by atoms with Crippen LogP contribution in [0.1, 0.15) is 12.7 Å². The number of furan rings is 1. The van der Waals surface area contributed by atoms with E-state index in [1.165, 1.54) is 11.8 Å². The first kappa shape index (κ1) is 18.8. The highest BCUT2D eigenvalue weighted by molar-refractivity contribution is 7.99. The maximum atomic E-state index is 10.6. The number of aryl methyl sites for hydroxylation is 1. The van der Waals surface area contributed by atoms with Crippen molar-refractivity contribution < 1.29 is 9.52 Å². The fraction of sp³-hybridized carbons (Fsp3) is 0.200. The average molecular weight is 406 g/mol. The molecule has 3 heterocycles. The molecule has 0 spiro atoms. The van der Waals surface area contributed by atoms with Gasteiger partial charge in [0.05, 0.1) is 23.0 Å². The van der Waals surface area contributed by atoms with Crippen LogP contribution in [0.3, 0.4) is 0 Å². The van der Waals surface area contributed by atoms with Crippen LogP contribution < -0.4 is 0 Å². The number of benzene rings is 1. The predicted molar refractivity (Wildman–Crippen MR) is 110 cm³/mol. The molecule has 0 bridgehead atoms. The van der Waals surface area contributed by atoms with Crippen LogP contribution in [-0.4, -0.2) is 35.2 Å². The number of aromatic nitrogens is 5. The van der Waals surface area contributed by atoms with Gasteiger partial charge in [-0.2, -0.15) is 5.26 Å². The van der Waals surface area contributed by atoms with Gasteiger partial charge in [0, 0.05) is 13.6 Å². The number of nitriles is 1. The van der Waals surface area contributed by atoms with E-state index in [2.05, 4.69) is 21.3 Å². The molecule has 29 heavy (non-hydrogen) atoms. The summed E-state index contributed by atoms with van der Waals surface area (Å²) in [5.74, 6) is 1.80. The van der Waals surface area contributed by atoms with Crippen LogP contribution in [0.5, 0.6) is 0 Å². The maximum absolute atomic E-state index is 10.6. The van der Waals surface area contributed by atoms with E-state index < -0.39 is 0 Å². The third-order valence-corrected chi connectivity index (χ3v) is 5.50. The third-order valence-electron chi connectivity index (χ3n) is 4.52. The van der Waals surface area contributed by atoms with Crippen molar-refractivity contribution in [1.29, 1.82) is 5.26 Å². The van der Waals surface area contributed by atoms with E-state index in [1.807, 2.05) is 48.9 Å². The summed E-state index contributed by atoms with van der Waals surface area (Å²) in [6, 6.07) is 13.3. The van der Waals surface area contributed by atoms with Gasteiger partial charge in [-0.05, 0) is 31.2 Å². The summed E-state index contributed by atoms with van der Waals surface area (Å²) in [6.45, 7) is 2.63. The summed E-state index contributed by atoms with van der Waals surface area (Å²) in [6.07, 6.45) is 1.58. The minimum atomic E-state index is -0.0545. The van der Waals surface area contributed by atoms with E-state index in [-0.39, 0.29) is 17.1 Å². The second-order valence-electron chi connectivity index (χ2n) is 6.23. The van der Waals surface area contributed by atoms with Crippen LogP contribution in [0.15, 0.2) is 58.0 Å². The molecular formula is C20H18N6O2S. The molecule has 0 amide bonds. The summed E-state index contributed by atoms with van der Waals surface area (Å²) in [5.41, 5.74) is 1.81. The van der Waals surface area contributed by atoms with Crippen molar-refractivity contribution in [3.63, 3.8) is 0 Å². The summed E-state index contributed by atoms with van der Waals surface area (Å²) >= 11 is 1.30. The number of imidazole rings is 1. The molecule has 0 atom stereocenters. The number of aliphatic hydroxyl groups is 1. The van der Waals surface area contributed by atoms with E-state index in [4.69, 9.17) is 4.42 Å². The Hall–Kier alpha value is -3.51. The van der Waals surface area contributed by atoms with Crippen LogP contribution in [0, 0.1) is 11.3 Å². The molecule has 0 aliphatic heterocycles. The van der Waals surface area contributed by atoms with Crippen LogP contribution in [0.4, 0.5) is 0 Å². The van der Waals surface area contributed by atoms with Crippen LogP contribution in [-0.2, 0) is 13.6 Å². The minimum absolute atomic E-state index is 0.0545. The van der Waals surface area contributed by atoms with Gasteiger partial charge in [-0.15, -0.1) is 10.2 Å². The van der Waals surface area contributed by atoms with Gasteiger partial charge in [-0.25, -0.2) is 4.98 Å². The van der Waals surface area contributed by atoms with Crippen LogP contribution >= 0.6 is 11.8 Å². The Balaban J connectivity index is 1.63. The van der Waals surface area contributed by atoms with Crippen molar-refractivity contribution >= 4 is 28.4 Å². The van der Waals surface area contributed by atoms with Crippen molar-refractivity contribution in [3.8, 4) is 17.7 Å². The average Bonchev–Trinajstić information content (AvgIpc) is 3.46. The van der Waals surface area contributed by atoms with Crippen LogP contribution in [0.2, 0.25) is 0 Å². The molecule has 8 nitrogen and oxygen atoms in total. The van der Waals surface area contributed by atoms with Crippen LogP contribution in [0.25, 0.3) is 28.2 Å². The van der Waals surface area contributed by atoms with Gasteiger partial charge in [-0.3, -0.25) is 4.57 Å². The topological polar surface area (TPSA) is 106 Å². The minimum Gasteiger partial charge on any atom is -0.510 e. The van der Waals surface area contributed by atoms with Crippen molar-refractivity contribution in [2.75, 3.05) is 5.75 Å². The van der Waals surface area contributed by atoms with Crippen molar-refractivity contribution in [2.45, 2.75) is 18.6 Å². The number of allylic oxidation sites excluding steroid dienone is 1. The molecule has 9 heteroatoms. The highest BCUT2D eigenvalue weighted by atomic mass is 32.2. The standard InChI is InChI=1S/C20H18N6O2S/c1-3-26-19(17-9-6-10-28-17)23-24-20(26)29-12-16(27)13(11-21)18-22-14-7-4-5-8-15(14)25(18)2/h4-10,27H,3,12H2,1-2H3/b16-13-. The highest BCUT2D eigenvalue weighted by Gasteiger charge is 2.19. The largest absolute Gasteiger partial charge is 0.510 e. The summed E-state index contributed by atoms with van der Waals surface area (Å²) < 4.78 is 9.12. The second kappa shape index (κ2) is 7.85. The molecule has 0 aliphatic rings. The van der Waals surface area contributed by atoms with E-state index in [9.17, 15) is 10.4 Å². The van der Waals surface area contributed by atoms with Gasteiger partial charge < -0.3 is 14.1 Å². The molecule has 4 rings (SSSR count). The zero-order valence-corrected chi connectivity index (χ0v) is 16.7. The van der Waals surface area contributed by atoms with Crippen molar-refractivity contribution in [3.05, 3.63) is 54.2 Å². The maximum Gasteiger partial charge on any atom is 0.200 e. The number of aliphatic hydroxyl groups excluding tert-OH is 1. The Morgan fingerprint density at radius 2 is 2.07 bits per heavy atom. The lowest BCUT2D eigenvalue weighted by atomic mass is 10.2. The normalized spacial score (nSPS) is 12.2. The van der Waals surface area contributed by atoms with Crippen molar-refractivity contribution in [2.24, 2.45) is 7.05 Å². The smallest absolute Gasteiger partial charge is 0.200 e. The Bertz CT molecular complexity index is 1230. The van der Waals surface area contributed by atoms with Gasteiger partial charge in [0.25, 0.3) is 0 Å². The lowest BCUT2D eigenvalue weighted by Crippen LogP contribution is -2.03. The molecule has 0 fully saturated rings. The Morgan fingerprint density at radius 1 is 1.24 bits per heavy atom. The number of hydrogen-bond donors (Lipinski definition) is 1. The summed E-state index contributed by atoms with van der Waals surface area (Å²) in [5, 5.41) is 29.3. The second-order valence-corrected chi connectivity index (χ2v) is 7.18. The van der Waals surface area contributed by atoms with E-state index >= 15 is 0 Å². The van der Waals surface area contributed by atoms with Crippen molar-refractivity contribution in [1.82, 2.24) is 24.3 Å². The first-order valence-electron chi connectivity index (χ1n) is 8.98. The first-order valence-corrected chi connectivity index (χ1v) is 9.96. The highest BCUT2D eigenvalue weighted by Crippen LogP contribution is 2.28. The monoisotopic (exact) mass is 406 g/mol. The summed E-state index contributed by atoms with van der Waals surface area (Å²) in [7, 11) is 1.83. The number of fused-ring (bicyclic) bond motifs is 1. The SMILES string of the molecule is CCn1c(SC/C(O)=C(\C#N)c2nc3ccccc3n2C)nnc1-c1ccco1. The fourth-order valence-electron chi connectivity index (χ4n) is 3.09. The molecule has 0 saturated heterocycles. The Morgan fingerprint density at radius 3 is 2.76 bits per heavy atom. The molecule has 1 N–H and O–H groups in total. The van der Waals surface area contributed by atoms with E-state index in [0.29, 0.717) is 29.1 Å². The number of thioether (sulfide) groups is 1. The quantitative estimate of drug-likeness (QED) is 0.293. The lowest BCUT2D eigenvalue weighted by molar-refractivity contribution is 0.420. The number of para-hydroxylation sites is 2. The van der Waals surface area contributed by atoms with Gasteiger partial charge in [-0.1, -0.05) is 23.9 Å². The lowest BCUT2D eigenvalue weighted by Gasteiger charge is -2.07. The van der Waals surface area contributed by atoms with E-state index in [0.717, 1.165) is 11.0 Å². The molecule has 0 aliphatic carbocycles. The van der Waals surface area contributed by atoms with Gasteiger partial charge in [0.2, 0.25) is 0 Å². The first-order chi connectivity index (χ1) is 14.1. The Kier molecular flexibility index (Phi) is 5.10.